The van der Waals surface area contributed by atoms with E-state index in [1.807, 2.05) is 19.6 Å². The highest BCUT2D eigenvalue weighted by Gasteiger charge is 1.93. The molecule has 1 nitrogen and oxygen atoms in total. The summed E-state index contributed by atoms with van der Waals surface area (Å²) in [5.41, 5.74) is 0.310. The second-order valence-corrected chi connectivity index (χ2v) is 2.58. The Morgan fingerprint density at radius 2 is 2.29 bits per heavy atom. The van der Waals surface area contributed by atoms with Crippen LogP contribution in [0.15, 0.2) is 0 Å². The van der Waals surface area contributed by atoms with Crippen LogP contribution in [0.2, 0.25) is 0 Å². The van der Waals surface area contributed by atoms with Crippen LogP contribution >= 0.6 is 11.8 Å². The van der Waals surface area contributed by atoms with Gasteiger partial charge in [-0.3, -0.25) is 0 Å². The Bertz CT molecular complexity index is 39.1. The zero-order valence-electron chi connectivity index (χ0n) is 4.97. The highest BCUT2D eigenvalue weighted by Crippen LogP contribution is 2.12. The van der Waals surface area contributed by atoms with Crippen LogP contribution in [-0.2, 0) is 4.74 Å². The molecule has 0 aliphatic rings. The summed E-state index contributed by atoms with van der Waals surface area (Å²) in [6.07, 6.45) is 0. The molecule has 0 saturated heterocycles. The maximum Gasteiger partial charge on any atom is 0.0998 e. The van der Waals surface area contributed by atoms with Crippen molar-refractivity contribution in [3.05, 3.63) is 5.75 Å². The van der Waals surface area contributed by atoms with Crippen molar-refractivity contribution in [1.82, 2.24) is 0 Å². The van der Waals surface area contributed by atoms with E-state index in [-0.39, 0.29) is 0 Å². The van der Waals surface area contributed by atoms with Gasteiger partial charge in [0.1, 0.15) is 0 Å². The van der Waals surface area contributed by atoms with Gasteiger partial charge >= 0.3 is 0 Å². The van der Waals surface area contributed by atoms with E-state index in [1.54, 1.807) is 18.9 Å². The van der Waals surface area contributed by atoms with Crippen LogP contribution in [0.5, 0.6) is 0 Å². The molecular formula is C5H11OS. The third-order valence-corrected chi connectivity index (χ3v) is 1.51. The Morgan fingerprint density at radius 3 is 2.43 bits per heavy atom. The lowest BCUT2D eigenvalue weighted by molar-refractivity contribution is 0.188. The Balaban J connectivity index is 2.83. The Hall–Kier alpha value is 0.310. The molecule has 0 aliphatic carbocycles. The van der Waals surface area contributed by atoms with Crippen molar-refractivity contribution in [3.8, 4) is 0 Å². The predicted octanol–water partition coefficient (Wildman–Crippen LogP) is 1.89. The summed E-state index contributed by atoms with van der Waals surface area (Å²) in [5.74, 6) is 2.02. The molecule has 0 rings (SSSR count). The van der Waals surface area contributed by atoms with Gasteiger partial charge in [-0.05, 0) is 6.92 Å². The van der Waals surface area contributed by atoms with Crippen LogP contribution in [0.3, 0.4) is 0 Å². The minimum atomic E-state index is 0.310. The quantitative estimate of drug-likeness (QED) is 0.525. The van der Waals surface area contributed by atoms with Crippen LogP contribution in [0.1, 0.15) is 13.8 Å². The average molecular weight is 119 g/mol. The van der Waals surface area contributed by atoms with Crippen LogP contribution in [0.4, 0.5) is 0 Å². The monoisotopic (exact) mass is 119 g/mol. The van der Waals surface area contributed by atoms with Gasteiger partial charge in [-0.1, -0.05) is 6.92 Å². The van der Waals surface area contributed by atoms with Gasteiger partial charge in [-0.15, -0.1) is 11.8 Å². The molecule has 2 heteroatoms. The molecule has 1 unspecified atom stereocenters. The van der Waals surface area contributed by atoms with Crippen molar-refractivity contribution < 1.29 is 4.74 Å². The summed E-state index contributed by atoms with van der Waals surface area (Å²) >= 11 is 1.68. The fraction of sp³-hybridized carbons (Fsp3) is 0.800. The maximum absolute atomic E-state index is 4.92. The molecule has 0 heterocycles. The van der Waals surface area contributed by atoms with Gasteiger partial charge in [0, 0.05) is 12.9 Å². The number of methoxy groups -OCH3 is 1. The first kappa shape index (κ1) is 7.31. The van der Waals surface area contributed by atoms with Crippen molar-refractivity contribution in [2.24, 2.45) is 0 Å². The van der Waals surface area contributed by atoms with Gasteiger partial charge in [-0.2, -0.15) is 0 Å². The van der Waals surface area contributed by atoms with Gasteiger partial charge in [0.05, 0.1) is 5.44 Å². The summed E-state index contributed by atoms with van der Waals surface area (Å²) in [4.78, 5) is 0. The van der Waals surface area contributed by atoms with E-state index in [4.69, 9.17) is 4.74 Å². The zero-order valence-corrected chi connectivity index (χ0v) is 5.79. The number of rotatable bonds is 3. The molecule has 0 fully saturated rings. The first-order valence-corrected chi connectivity index (χ1v) is 3.21. The molecule has 0 bridgehead atoms. The van der Waals surface area contributed by atoms with Crippen molar-refractivity contribution in [3.63, 3.8) is 0 Å². The molecule has 0 N–H and O–H groups in total. The van der Waals surface area contributed by atoms with Crippen LogP contribution in [0, 0.1) is 5.75 Å². The molecule has 1 atom stereocenters. The molecule has 43 valence electrons. The molecule has 0 aromatic heterocycles. The van der Waals surface area contributed by atoms with E-state index in [2.05, 4.69) is 0 Å². The predicted molar refractivity (Wildman–Crippen MR) is 34.0 cm³/mol. The summed E-state index contributed by atoms with van der Waals surface area (Å²) < 4.78 is 4.92. The molecule has 0 saturated carbocycles. The van der Waals surface area contributed by atoms with Gasteiger partial charge in [-0.25, -0.2) is 0 Å². The van der Waals surface area contributed by atoms with Gasteiger partial charge in [0.25, 0.3) is 0 Å². The number of thioether (sulfide) groups is 1. The van der Waals surface area contributed by atoms with Crippen molar-refractivity contribution in [2.75, 3.05) is 7.11 Å². The van der Waals surface area contributed by atoms with E-state index in [1.165, 1.54) is 0 Å². The Labute approximate surface area is 49.4 Å². The zero-order chi connectivity index (χ0) is 5.70. The molecular weight excluding hydrogens is 108 g/mol. The first-order chi connectivity index (χ1) is 3.31. The number of ether oxygens (including phenoxy) is 1. The van der Waals surface area contributed by atoms with Crippen LogP contribution in [0.25, 0.3) is 0 Å². The minimum absolute atomic E-state index is 0.310. The van der Waals surface area contributed by atoms with Crippen LogP contribution in [-0.4, -0.2) is 12.5 Å². The Kier molecular flexibility index (Phi) is 4.67. The second kappa shape index (κ2) is 4.47. The smallest absolute Gasteiger partial charge is 0.0998 e. The topological polar surface area (TPSA) is 9.23 Å². The first-order valence-electron chi connectivity index (χ1n) is 2.27. The van der Waals surface area contributed by atoms with Crippen molar-refractivity contribution in [1.29, 1.82) is 0 Å². The minimum Gasteiger partial charge on any atom is -0.371 e. The molecule has 0 aliphatic heterocycles. The fourth-order valence-corrected chi connectivity index (χ4v) is 0.742. The molecule has 0 spiro atoms. The second-order valence-electron chi connectivity index (χ2n) is 1.18. The summed E-state index contributed by atoms with van der Waals surface area (Å²) in [6.45, 7) is 4.02. The summed E-state index contributed by atoms with van der Waals surface area (Å²) in [5, 5.41) is 0. The number of hydrogen-bond acceptors (Lipinski definition) is 2. The van der Waals surface area contributed by atoms with Gasteiger partial charge in [0.2, 0.25) is 0 Å². The molecule has 0 amide bonds. The van der Waals surface area contributed by atoms with Gasteiger partial charge < -0.3 is 4.74 Å². The number of hydrogen-bond donors (Lipinski definition) is 0. The van der Waals surface area contributed by atoms with Crippen LogP contribution < -0.4 is 0 Å². The molecule has 7 heavy (non-hydrogen) atoms. The summed E-state index contributed by atoms with van der Waals surface area (Å²) in [7, 11) is 1.71. The standard InChI is InChI=1S/C5H11OS/c1-4-7-5(2)6-3/h4-5H,1-3H3. The fourth-order valence-electron chi connectivity index (χ4n) is 0.247. The van der Waals surface area contributed by atoms with Gasteiger partial charge in [0.15, 0.2) is 0 Å². The summed E-state index contributed by atoms with van der Waals surface area (Å²) in [6, 6.07) is 0. The van der Waals surface area contributed by atoms with Crippen molar-refractivity contribution >= 4 is 11.8 Å². The lowest BCUT2D eigenvalue weighted by Crippen LogP contribution is -1.95. The third-order valence-electron chi connectivity index (χ3n) is 0.660. The van der Waals surface area contributed by atoms with E-state index >= 15 is 0 Å². The van der Waals surface area contributed by atoms with E-state index in [0.717, 1.165) is 0 Å². The highest BCUT2D eigenvalue weighted by atomic mass is 32.2. The van der Waals surface area contributed by atoms with Crippen molar-refractivity contribution in [2.45, 2.75) is 19.3 Å². The third kappa shape index (κ3) is 4.16. The largest absolute Gasteiger partial charge is 0.371 e. The Morgan fingerprint density at radius 1 is 1.71 bits per heavy atom. The maximum atomic E-state index is 4.92. The SMILES string of the molecule is C[CH]SC(C)OC. The van der Waals surface area contributed by atoms with E-state index < -0.39 is 0 Å². The molecule has 0 aromatic rings. The molecule has 0 aromatic carbocycles. The average Bonchev–Trinajstić information content (AvgIpc) is 1.68. The highest BCUT2D eigenvalue weighted by molar-refractivity contribution is 8.01. The normalized spacial score (nSPS) is 14.1. The van der Waals surface area contributed by atoms with E-state index in [0.29, 0.717) is 5.44 Å². The van der Waals surface area contributed by atoms with E-state index in [9.17, 15) is 0 Å². The lowest BCUT2D eigenvalue weighted by Gasteiger charge is -2.03. The molecule has 1 radical (unpaired) electrons. The lowest BCUT2D eigenvalue weighted by atomic mass is 10.9.